The van der Waals surface area contributed by atoms with Gasteiger partial charge in [0.25, 0.3) is 0 Å². The molecule has 19 heavy (non-hydrogen) atoms. The average molecular weight is 256 g/mol. The molecule has 0 aliphatic carbocycles. The van der Waals surface area contributed by atoms with Crippen LogP contribution in [0.5, 0.6) is 5.75 Å². The van der Waals surface area contributed by atoms with Gasteiger partial charge in [-0.15, -0.1) is 0 Å². The molecular formula is C16H16O3. The van der Waals surface area contributed by atoms with Gasteiger partial charge >= 0.3 is 5.97 Å². The van der Waals surface area contributed by atoms with Crippen LogP contribution in [0.25, 0.3) is 0 Å². The van der Waals surface area contributed by atoms with E-state index in [0.29, 0.717) is 0 Å². The van der Waals surface area contributed by atoms with Crippen LogP contribution in [0.3, 0.4) is 0 Å². The van der Waals surface area contributed by atoms with E-state index in [0.717, 1.165) is 16.9 Å². The van der Waals surface area contributed by atoms with Crippen molar-refractivity contribution in [1.82, 2.24) is 0 Å². The van der Waals surface area contributed by atoms with E-state index in [4.69, 9.17) is 9.84 Å². The topological polar surface area (TPSA) is 46.5 Å². The molecule has 2 aromatic carbocycles. The zero-order valence-electron chi connectivity index (χ0n) is 10.7. The molecule has 0 bridgehead atoms. The van der Waals surface area contributed by atoms with Crippen LogP contribution in [0.2, 0.25) is 0 Å². The molecule has 0 amide bonds. The Morgan fingerprint density at radius 3 is 2.16 bits per heavy atom. The van der Waals surface area contributed by atoms with E-state index < -0.39 is 5.97 Å². The predicted octanol–water partition coefficient (Wildman–Crippen LogP) is 3.30. The first-order valence-corrected chi connectivity index (χ1v) is 6.11. The molecule has 1 N–H and O–H groups in total. The molecule has 2 rings (SSSR count). The van der Waals surface area contributed by atoms with Gasteiger partial charge < -0.3 is 9.84 Å². The number of carboxylic acid groups (broad SMARTS) is 1. The molecule has 3 heteroatoms. The van der Waals surface area contributed by atoms with Crippen LogP contribution in [-0.4, -0.2) is 18.2 Å². The van der Waals surface area contributed by atoms with Crippen molar-refractivity contribution in [3.8, 4) is 5.75 Å². The van der Waals surface area contributed by atoms with Crippen molar-refractivity contribution in [3.63, 3.8) is 0 Å². The van der Waals surface area contributed by atoms with E-state index in [2.05, 4.69) is 0 Å². The van der Waals surface area contributed by atoms with Crippen LogP contribution in [0.1, 0.15) is 23.5 Å². The fourth-order valence-electron chi connectivity index (χ4n) is 2.12. The molecule has 0 radical (unpaired) electrons. The summed E-state index contributed by atoms with van der Waals surface area (Å²) in [4.78, 5) is 11.1. The highest BCUT2D eigenvalue weighted by molar-refractivity contribution is 5.69. The van der Waals surface area contributed by atoms with Crippen molar-refractivity contribution < 1.29 is 14.6 Å². The van der Waals surface area contributed by atoms with Crippen LogP contribution < -0.4 is 4.74 Å². The third-order valence-corrected chi connectivity index (χ3v) is 3.10. The number of rotatable bonds is 5. The van der Waals surface area contributed by atoms with Crippen LogP contribution in [0.4, 0.5) is 0 Å². The normalized spacial score (nSPS) is 11.8. The summed E-state index contributed by atoms with van der Waals surface area (Å²) in [7, 11) is 1.61. The summed E-state index contributed by atoms with van der Waals surface area (Å²) in [6, 6.07) is 17.2. The quantitative estimate of drug-likeness (QED) is 0.892. The second-order valence-corrected chi connectivity index (χ2v) is 4.33. The lowest BCUT2D eigenvalue weighted by molar-refractivity contribution is -0.137. The Kier molecular flexibility index (Phi) is 4.18. The van der Waals surface area contributed by atoms with Crippen LogP contribution in [-0.2, 0) is 4.79 Å². The van der Waals surface area contributed by atoms with Gasteiger partial charge in [-0.25, -0.2) is 0 Å². The van der Waals surface area contributed by atoms with E-state index in [9.17, 15) is 4.79 Å². The lowest BCUT2D eigenvalue weighted by Gasteiger charge is -2.16. The summed E-state index contributed by atoms with van der Waals surface area (Å²) in [5, 5.41) is 9.08. The molecule has 0 unspecified atom stereocenters. The minimum absolute atomic E-state index is 0.0797. The number of hydrogen-bond acceptors (Lipinski definition) is 2. The summed E-state index contributed by atoms with van der Waals surface area (Å²) in [6.45, 7) is 0. The van der Waals surface area contributed by atoms with E-state index in [-0.39, 0.29) is 12.3 Å². The maximum Gasteiger partial charge on any atom is 0.304 e. The minimum atomic E-state index is -0.801. The van der Waals surface area contributed by atoms with Gasteiger partial charge in [0.15, 0.2) is 0 Å². The molecule has 0 heterocycles. The summed E-state index contributed by atoms with van der Waals surface area (Å²) in [5.74, 6) is -0.167. The smallest absolute Gasteiger partial charge is 0.304 e. The summed E-state index contributed by atoms with van der Waals surface area (Å²) in [6.07, 6.45) is 0.0797. The first-order chi connectivity index (χ1) is 9.20. The fraction of sp³-hybridized carbons (Fsp3) is 0.188. The minimum Gasteiger partial charge on any atom is -0.497 e. The Labute approximate surface area is 112 Å². The van der Waals surface area contributed by atoms with Crippen LogP contribution in [0, 0.1) is 0 Å². The highest BCUT2D eigenvalue weighted by Crippen LogP contribution is 2.29. The Hall–Kier alpha value is -2.29. The van der Waals surface area contributed by atoms with Crippen molar-refractivity contribution in [2.24, 2.45) is 0 Å². The maximum absolute atomic E-state index is 11.1. The van der Waals surface area contributed by atoms with Crippen molar-refractivity contribution in [1.29, 1.82) is 0 Å². The van der Waals surface area contributed by atoms with Gasteiger partial charge in [0, 0.05) is 5.92 Å². The number of benzene rings is 2. The highest BCUT2D eigenvalue weighted by atomic mass is 16.5. The first-order valence-electron chi connectivity index (χ1n) is 6.11. The predicted molar refractivity (Wildman–Crippen MR) is 73.5 cm³/mol. The Bertz CT molecular complexity index is 532. The number of aliphatic carboxylic acids is 1. The zero-order chi connectivity index (χ0) is 13.7. The first kappa shape index (κ1) is 13.1. The van der Waals surface area contributed by atoms with Gasteiger partial charge in [0.05, 0.1) is 13.5 Å². The third kappa shape index (κ3) is 3.35. The summed E-state index contributed by atoms with van der Waals surface area (Å²) < 4.78 is 5.12. The standard InChI is InChI=1S/C16H16O3/c1-19-14-9-7-13(8-10-14)15(11-16(17)18)12-5-3-2-4-6-12/h2-10,15H,11H2,1H3,(H,17,18)/t15-/m0/s1. The van der Waals surface area contributed by atoms with E-state index >= 15 is 0 Å². The van der Waals surface area contributed by atoms with E-state index in [1.807, 2.05) is 54.6 Å². The highest BCUT2D eigenvalue weighted by Gasteiger charge is 2.17. The summed E-state index contributed by atoms with van der Waals surface area (Å²) >= 11 is 0. The second-order valence-electron chi connectivity index (χ2n) is 4.33. The molecule has 1 atom stereocenters. The van der Waals surface area contributed by atoms with Gasteiger partial charge in [0.2, 0.25) is 0 Å². The third-order valence-electron chi connectivity index (χ3n) is 3.10. The second kappa shape index (κ2) is 6.05. The molecule has 0 fully saturated rings. The number of methoxy groups -OCH3 is 1. The van der Waals surface area contributed by atoms with Gasteiger partial charge in [-0.3, -0.25) is 4.79 Å². The lowest BCUT2D eigenvalue weighted by Crippen LogP contribution is -2.07. The Morgan fingerprint density at radius 2 is 1.63 bits per heavy atom. The lowest BCUT2D eigenvalue weighted by atomic mass is 9.88. The van der Waals surface area contributed by atoms with Crippen LogP contribution in [0.15, 0.2) is 54.6 Å². The Balaban J connectivity index is 2.34. The maximum atomic E-state index is 11.1. The number of carboxylic acids is 1. The molecule has 0 saturated heterocycles. The van der Waals surface area contributed by atoms with Crippen molar-refractivity contribution >= 4 is 5.97 Å². The van der Waals surface area contributed by atoms with Gasteiger partial charge in [-0.1, -0.05) is 42.5 Å². The molecule has 0 aliphatic rings. The molecule has 0 saturated carbocycles. The Morgan fingerprint density at radius 1 is 1.05 bits per heavy atom. The molecule has 98 valence electrons. The van der Waals surface area contributed by atoms with E-state index in [1.165, 1.54) is 0 Å². The monoisotopic (exact) mass is 256 g/mol. The molecule has 2 aromatic rings. The molecular weight excluding hydrogens is 240 g/mol. The van der Waals surface area contributed by atoms with Gasteiger partial charge in [0.1, 0.15) is 5.75 Å². The number of hydrogen-bond donors (Lipinski definition) is 1. The zero-order valence-corrected chi connectivity index (χ0v) is 10.7. The summed E-state index contributed by atoms with van der Waals surface area (Å²) in [5.41, 5.74) is 1.99. The molecule has 0 aromatic heterocycles. The van der Waals surface area contributed by atoms with E-state index in [1.54, 1.807) is 7.11 Å². The van der Waals surface area contributed by atoms with Crippen molar-refractivity contribution in [2.45, 2.75) is 12.3 Å². The molecule has 3 nitrogen and oxygen atoms in total. The van der Waals surface area contributed by atoms with Crippen molar-refractivity contribution in [2.75, 3.05) is 7.11 Å². The average Bonchev–Trinajstić information content (AvgIpc) is 2.46. The van der Waals surface area contributed by atoms with Gasteiger partial charge in [-0.05, 0) is 23.3 Å². The van der Waals surface area contributed by atoms with Gasteiger partial charge in [-0.2, -0.15) is 0 Å². The van der Waals surface area contributed by atoms with Crippen molar-refractivity contribution in [3.05, 3.63) is 65.7 Å². The number of carbonyl (C=O) groups is 1. The largest absolute Gasteiger partial charge is 0.497 e. The SMILES string of the molecule is COc1ccc([C@@H](CC(=O)O)c2ccccc2)cc1. The molecule has 0 aliphatic heterocycles. The number of ether oxygens (including phenoxy) is 1. The van der Waals surface area contributed by atoms with Crippen LogP contribution >= 0.6 is 0 Å². The molecule has 0 spiro atoms. The fourth-order valence-corrected chi connectivity index (χ4v) is 2.12.